The Balaban J connectivity index is 1.24. The Labute approximate surface area is 253 Å². The van der Waals surface area contributed by atoms with Gasteiger partial charge in [-0.15, -0.1) is 11.3 Å². The highest BCUT2D eigenvalue weighted by molar-refractivity contribution is 7.14. The number of likely N-dealkylation sites (tertiary alicyclic amines) is 1. The number of amides is 2. The molecule has 0 saturated carbocycles. The Kier molecular flexibility index (Phi) is 7.76. The van der Waals surface area contributed by atoms with Gasteiger partial charge in [0.25, 0.3) is 17.4 Å². The number of aliphatic hydroxyl groups excluding tert-OH is 1. The molecule has 2 aromatic heterocycles. The highest BCUT2D eigenvalue weighted by atomic mass is 32.1. The molecule has 222 valence electrons. The lowest BCUT2D eigenvalue weighted by molar-refractivity contribution is 0.0766. The van der Waals surface area contributed by atoms with Crippen LogP contribution in [0.1, 0.15) is 55.3 Å². The van der Waals surface area contributed by atoms with Gasteiger partial charge in [0.1, 0.15) is 0 Å². The number of carbonyl (C=O) groups excluding carboxylic acids is 2. The van der Waals surface area contributed by atoms with E-state index < -0.39 is 6.10 Å². The minimum atomic E-state index is -0.521. The molecule has 1 aliphatic heterocycles. The fourth-order valence-corrected chi connectivity index (χ4v) is 6.87. The number of benzene rings is 2. The normalized spacial score (nSPS) is 16.2. The van der Waals surface area contributed by atoms with Crippen LogP contribution in [0.4, 0.5) is 22.9 Å². The first-order valence-electron chi connectivity index (χ1n) is 14.4. The van der Waals surface area contributed by atoms with Crippen LogP contribution in [0, 0.1) is 6.92 Å². The molecule has 3 heterocycles. The molecular formula is C32H34N6O4S. The average Bonchev–Trinajstić information content (AvgIpc) is 3.63. The van der Waals surface area contributed by atoms with E-state index in [1.54, 1.807) is 47.7 Å². The third kappa shape index (κ3) is 5.78. The lowest BCUT2D eigenvalue weighted by Crippen LogP contribution is -2.30. The van der Waals surface area contributed by atoms with E-state index >= 15 is 0 Å². The molecule has 0 radical (unpaired) electrons. The Morgan fingerprint density at radius 1 is 1.14 bits per heavy atom. The summed E-state index contributed by atoms with van der Waals surface area (Å²) in [5.74, 6) is -0.271. The number of thiophene rings is 1. The molecule has 0 spiro atoms. The van der Waals surface area contributed by atoms with Gasteiger partial charge in [0.15, 0.2) is 5.82 Å². The molecule has 2 aromatic carbocycles. The molecule has 1 aliphatic carbocycles. The number of aryl methyl sites for hydroxylation is 3. The predicted molar refractivity (Wildman–Crippen MR) is 169 cm³/mol. The molecule has 2 aliphatic rings. The topological polar surface area (TPSA) is 143 Å². The van der Waals surface area contributed by atoms with Gasteiger partial charge in [-0.1, -0.05) is 12.1 Å². The molecule has 1 atom stereocenters. The Morgan fingerprint density at radius 2 is 1.95 bits per heavy atom. The summed E-state index contributed by atoms with van der Waals surface area (Å²) in [4.78, 5) is 47.3. The number of fused-ring (bicyclic) bond motifs is 1. The number of carbonyl (C=O) groups is 2. The number of nitrogens with zero attached hydrogens (tertiary/aromatic N) is 3. The number of nitrogen functional groups attached to an aromatic ring is 1. The number of hydrogen-bond donors (Lipinski definition) is 4. The fraction of sp³-hybridized carbons (Fsp3) is 0.312. The van der Waals surface area contributed by atoms with Crippen molar-refractivity contribution in [3.63, 3.8) is 0 Å². The van der Waals surface area contributed by atoms with E-state index in [-0.39, 0.29) is 35.4 Å². The highest BCUT2D eigenvalue weighted by Crippen LogP contribution is 2.32. The number of anilines is 4. The number of aromatic nitrogens is 2. The van der Waals surface area contributed by atoms with Gasteiger partial charge in [0.05, 0.1) is 22.2 Å². The van der Waals surface area contributed by atoms with E-state index in [4.69, 9.17) is 5.73 Å². The van der Waals surface area contributed by atoms with E-state index in [0.717, 1.165) is 30.4 Å². The maximum atomic E-state index is 13.2. The van der Waals surface area contributed by atoms with Crippen molar-refractivity contribution in [1.82, 2.24) is 14.5 Å². The smallest absolute Gasteiger partial charge is 0.293 e. The molecule has 1 fully saturated rings. The molecule has 0 bridgehead atoms. The van der Waals surface area contributed by atoms with Crippen molar-refractivity contribution in [2.24, 2.45) is 7.05 Å². The van der Waals surface area contributed by atoms with E-state index in [0.29, 0.717) is 40.5 Å². The first-order valence-corrected chi connectivity index (χ1v) is 15.2. The summed E-state index contributed by atoms with van der Waals surface area (Å²) in [7, 11) is 1.65. The Morgan fingerprint density at radius 3 is 2.70 bits per heavy atom. The predicted octanol–water partition coefficient (Wildman–Crippen LogP) is 4.48. The molecule has 6 rings (SSSR count). The van der Waals surface area contributed by atoms with E-state index in [2.05, 4.69) is 15.6 Å². The van der Waals surface area contributed by atoms with Crippen molar-refractivity contribution in [2.45, 2.75) is 45.1 Å². The lowest BCUT2D eigenvalue weighted by Gasteiger charge is -2.17. The van der Waals surface area contributed by atoms with Crippen molar-refractivity contribution < 1.29 is 14.7 Å². The van der Waals surface area contributed by atoms with Crippen LogP contribution in [0.5, 0.6) is 0 Å². The molecule has 10 nitrogen and oxygen atoms in total. The van der Waals surface area contributed by atoms with Gasteiger partial charge in [-0.05, 0) is 80.5 Å². The van der Waals surface area contributed by atoms with Crippen LogP contribution in [-0.4, -0.2) is 50.6 Å². The summed E-state index contributed by atoms with van der Waals surface area (Å²) in [5.41, 5.74) is 11.1. The molecule has 5 N–H and O–H groups in total. The van der Waals surface area contributed by atoms with Crippen molar-refractivity contribution >= 4 is 46.0 Å². The second kappa shape index (κ2) is 11.7. The summed E-state index contributed by atoms with van der Waals surface area (Å²) < 4.78 is 1.45. The zero-order chi connectivity index (χ0) is 30.2. The summed E-state index contributed by atoms with van der Waals surface area (Å²) in [6, 6.07) is 12.5. The summed E-state index contributed by atoms with van der Waals surface area (Å²) in [5, 5.41) is 15.9. The molecule has 4 aromatic rings. The van der Waals surface area contributed by atoms with Crippen molar-refractivity contribution in [3.05, 3.63) is 85.5 Å². The molecular weight excluding hydrogens is 564 g/mol. The van der Waals surface area contributed by atoms with Crippen LogP contribution in [0.3, 0.4) is 0 Å². The van der Waals surface area contributed by atoms with Crippen molar-refractivity contribution in [3.8, 4) is 11.3 Å². The summed E-state index contributed by atoms with van der Waals surface area (Å²) in [6.07, 6.45) is 6.08. The van der Waals surface area contributed by atoms with Crippen LogP contribution in [0.15, 0.2) is 53.5 Å². The standard InChI is InChI=1S/C32H34N6O4S/c1-18-22(7-5-8-25(18)36-30(40)28-14-19-6-3-4-9-27(19)43-28)26-17-37(2)32(42)29(35-26)34-20-10-11-23(24(33)15-20)31(41)38-13-12-21(39)16-38/h5,7-8,10-11,14-15,17,21,39H,3-4,6,9,12-13,16,33H2,1-2H3,(H,34,35)(H,36,40). The van der Waals surface area contributed by atoms with E-state index in [1.165, 1.54) is 21.4 Å². The minimum Gasteiger partial charge on any atom is -0.398 e. The Bertz CT molecular complexity index is 1770. The van der Waals surface area contributed by atoms with Crippen molar-refractivity contribution in [1.29, 1.82) is 0 Å². The van der Waals surface area contributed by atoms with Gasteiger partial charge >= 0.3 is 0 Å². The van der Waals surface area contributed by atoms with E-state index in [1.807, 2.05) is 31.2 Å². The zero-order valence-electron chi connectivity index (χ0n) is 24.1. The van der Waals surface area contributed by atoms with Crippen LogP contribution in [0.2, 0.25) is 0 Å². The average molecular weight is 599 g/mol. The highest BCUT2D eigenvalue weighted by Gasteiger charge is 2.26. The molecule has 11 heteroatoms. The summed E-state index contributed by atoms with van der Waals surface area (Å²) >= 11 is 1.57. The van der Waals surface area contributed by atoms with Crippen LogP contribution < -0.4 is 21.9 Å². The Hall–Kier alpha value is -4.48. The number of hydrogen-bond acceptors (Lipinski definition) is 8. The molecule has 1 saturated heterocycles. The summed E-state index contributed by atoms with van der Waals surface area (Å²) in [6.45, 7) is 2.68. The van der Waals surface area contributed by atoms with Gasteiger partial charge in [0.2, 0.25) is 0 Å². The second-order valence-corrected chi connectivity index (χ2v) is 12.3. The molecule has 43 heavy (non-hydrogen) atoms. The number of rotatable bonds is 6. The van der Waals surface area contributed by atoms with Crippen LogP contribution >= 0.6 is 11.3 Å². The SMILES string of the molecule is Cc1c(NC(=O)c2cc3c(s2)CCCC3)cccc1-c1cn(C)c(=O)c(Nc2ccc(C(=O)N3CCC(O)C3)c(N)c2)n1. The maximum Gasteiger partial charge on any atom is 0.293 e. The largest absolute Gasteiger partial charge is 0.398 e. The monoisotopic (exact) mass is 598 g/mol. The van der Waals surface area contributed by atoms with Crippen LogP contribution in [0.25, 0.3) is 11.3 Å². The second-order valence-electron chi connectivity index (χ2n) is 11.2. The minimum absolute atomic E-state index is 0.0964. The first-order chi connectivity index (χ1) is 20.7. The first kappa shape index (κ1) is 28.6. The van der Waals surface area contributed by atoms with Crippen LogP contribution in [-0.2, 0) is 19.9 Å². The van der Waals surface area contributed by atoms with Gasteiger partial charge in [-0.25, -0.2) is 4.98 Å². The molecule has 1 unspecified atom stereocenters. The van der Waals surface area contributed by atoms with Crippen molar-refractivity contribution in [2.75, 3.05) is 29.5 Å². The van der Waals surface area contributed by atoms with Gasteiger partial charge in [-0.3, -0.25) is 14.4 Å². The number of aliphatic hydroxyl groups is 1. The fourth-order valence-electron chi connectivity index (χ4n) is 5.72. The zero-order valence-corrected chi connectivity index (χ0v) is 25.0. The third-order valence-electron chi connectivity index (χ3n) is 8.14. The number of nitrogens with two attached hydrogens (primary N) is 1. The third-order valence-corrected chi connectivity index (χ3v) is 9.38. The van der Waals surface area contributed by atoms with Gasteiger partial charge in [0, 0.05) is 53.8 Å². The number of β-amino-alcohol motifs (C(OH)–C–C–N with tert-alkyl or cyclic N) is 1. The van der Waals surface area contributed by atoms with E-state index in [9.17, 15) is 19.5 Å². The maximum absolute atomic E-state index is 13.2. The number of nitrogens with one attached hydrogen (secondary N) is 2. The quantitative estimate of drug-likeness (QED) is 0.240. The molecule has 2 amide bonds. The van der Waals surface area contributed by atoms with Gasteiger partial charge in [-0.2, -0.15) is 0 Å². The van der Waals surface area contributed by atoms with Gasteiger partial charge < -0.3 is 30.9 Å². The lowest BCUT2D eigenvalue weighted by atomic mass is 9.99.